The molecule has 132 valence electrons. The van der Waals surface area contributed by atoms with Crippen LogP contribution in [0.1, 0.15) is 0 Å². The number of guanidine groups is 2. The third-order valence-corrected chi connectivity index (χ3v) is 4.94. The van der Waals surface area contributed by atoms with E-state index >= 15 is 0 Å². The summed E-state index contributed by atoms with van der Waals surface area (Å²) < 4.78 is 27.2. The minimum atomic E-state index is -3.81. The predicted molar refractivity (Wildman–Crippen MR) is 101 cm³/mol. The molecule has 0 atom stereocenters. The normalized spacial score (nSPS) is 11.8. The highest BCUT2D eigenvalue weighted by Crippen LogP contribution is 2.27. The first-order valence-corrected chi connectivity index (χ1v) is 8.93. The van der Waals surface area contributed by atoms with Crippen molar-refractivity contribution in [3.63, 3.8) is 0 Å². The molecule has 0 aliphatic carbocycles. The van der Waals surface area contributed by atoms with Gasteiger partial charge in [-0.15, -0.1) is 0 Å². The second kappa shape index (κ2) is 7.60. The lowest BCUT2D eigenvalue weighted by molar-refractivity contribution is 0.601. The molecule has 0 bridgehead atoms. The maximum Gasteiger partial charge on any atom is 0.261 e. The van der Waals surface area contributed by atoms with Gasteiger partial charge in [0, 0.05) is 0 Å². The molecule has 0 aromatic heterocycles. The molecule has 0 saturated carbocycles. The van der Waals surface area contributed by atoms with Crippen LogP contribution in [0.3, 0.4) is 0 Å². The van der Waals surface area contributed by atoms with Gasteiger partial charge in [0.15, 0.2) is 5.96 Å². The first kappa shape index (κ1) is 18.8. The lowest BCUT2D eigenvalue weighted by Crippen LogP contribution is -2.26. The Morgan fingerprint density at radius 1 is 0.960 bits per heavy atom. The van der Waals surface area contributed by atoms with Gasteiger partial charge in [-0.3, -0.25) is 4.72 Å². The van der Waals surface area contributed by atoms with E-state index in [4.69, 9.17) is 40.4 Å². The molecule has 2 rings (SSSR count). The summed E-state index contributed by atoms with van der Waals surface area (Å²) in [6.45, 7) is 0. The van der Waals surface area contributed by atoms with Gasteiger partial charge >= 0.3 is 0 Å². The summed E-state index contributed by atoms with van der Waals surface area (Å²) >= 11 is 11.7. The monoisotopic (exact) mass is 400 g/mol. The molecule has 0 heterocycles. The highest BCUT2D eigenvalue weighted by Gasteiger charge is 2.14. The molecule has 2 aromatic carbocycles. The number of rotatable bonds is 4. The Morgan fingerprint density at radius 2 is 1.60 bits per heavy atom. The van der Waals surface area contributed by atoms with Crippen molar-refractivity contribution in [2.24, 2.45) is 27.2 Å². The molecule has 8 nitrogen and oxygen atoms in total. The van der Waals surface area contributed by atoms with E-state index < -0.39 is 10.0 Å². The summed E-state index contributed by atoms with van der Waals surface area (Å²) in [5, 5.41) is 0.562. The maximum absolute atomic E-state index is 12.4. The van der Waals surface area contributed by atoms with Crippen molar-refractivity contribution in [1.29, 1.82) is 0 Å². The predicted octanol–water partition coefficient (Wildman–Crippen LogP) is 2.01. The van der Waals surface area contributed by atoms with Gasteiger partial charge in [0.2, 0.25) is 5.96 Å². The van der Waals surface area contributed by atoms with Crippen molar-refractivity contribution in [2.45, 2.75) is 4.90 Å². The Balaban J connectivity index is 2.22. The Bertz CT molecular complexity index is 938. The fraction of sp³-hybridized carbons (Fsp3) is 0. The second-order valence-electron chi connectivity index (χ2n) is 4.73. The van der Waals surface area contributed by atoms with E-state index in [9.17, 15) is 8.42 Å². The van der Waals surface area contributed by atoms with Crippen molar-refractivity contribution >= 4 is 56.5 Å². The third-order valence-electron chi connectivity index (χ3n) is 2.81. The van der Waals surface area contributed by atoms with Gasteiger partial charge in [-0.2, -0.15) is 4.99 Å². The average molecular weight is 401 g/mol. The summed E-state index contributed by atoms with van der Waals surface area (Å²) in [5.41, 5.74) is 16.5. The van der Waals surface area contributed by atoms with Crippen LogP contribution in [0.15, 0.2) is 57.3 Å². The van der Waals surface area contributed by atoms with Crippen LogP contribution in [0.25, 0.3) is 0 Å². The largest absolute Gasteiger partial charge is 0.370 e. The molecule has 0 aliphatic rings. The van der Waals surface area contributed by atoms with Gasteiger partial charge in [-0.05, 0) is 42.5 Å². The van der Waals surface area contributed by atoms with E-state index in [0.29, 0.717) is 10.7 Å². The minimum Gasteiger partial charge on any atom is -0.370 e. The van der Waals surface area contributed by atoms with Gasteiger partial charge in [-0.1, -0.05) is 23.2 Å². The Labute approximate surface area is 154 Å². The fourth-order valence-electron chi connectivity index (χ4n) is 1.76. The summed E-state index contributed by atoms with van der Waals surface area (Å²) in [6.07, 6.45) is 0. The van der Waals surface area contributed by atoms with Crippen molar-refractivity contribution in [2.75, 3.05) is 4.72 Å². The zero-order valence-electron chi connectivity index (χ0n) is 12.6. The molecule has 11 heteroatoms. The SMILES string of the molecule is NC(N)=NC(N)=Nc1ccc(S(=O)(=O)Nc2ccc(Cl)c(Cl)c2)cc1. The van der Waals surface area contributed by atoms with E-state index in [0.717, 1.165) is 0 Å². The molecule has 0 spiro atoms. The molecule has 0 fully saturated rings. The second-order valence-corrected chi connectivity index (χ2v) is 7.23. The van der Waals surface area contributed by atoms with Gasteiger partial charge in [0.1, 0.15) is 0 Å². The number of nitrogens with zero attached hydrogens (tertiary/aromatic N) is 2. The lowest BCUT2D eigenvalue weighted by Gasteiger charge is -2.09. The summed E-state index contributed by atoms with van der Waals surface area (Å²) in [5.74, 6) is -0.379. The van der Waals surface area contributed by atoms with Crippen molar-refractivity contribution in [3.05, 3.63) is 52.5 Å². The zero-order chi connectivity index (χ0) is 18.6. The number of anilines is 1. The van der Waals surface area contributed by atoms with E-state index in [-0.39, 0.29) is 27.5 Å². The zero-order valence-corrected chi connectivity index (χ0v) is 15.0. The number of sulfonamides is 1. The third kappa shape index (κ3) is 5.24. The Hall–Kier alpha value is -2.49. The van der Waals surface area contributed by atoms with E-state index in [1.54, 1.807) is 0 Å². The topological polar surface area (TPSA) is 149 Å². The number of aliphatic imine (C=N–C) groups is 2. The molecule has 0 radical (unpaired) electrons. The summed E-state index contributed by atoms with van der Waals surface area (Å²) in [7, 11) is -3.81. The molecule has 0 saturated heterocycles. The molecule has 25 heavy (non-hydrogen) atoms. The van der Waals surface area contributed by atoms with Crippen LogP contribution in [0.5, 0.6) is 0 Å². The van der Waals surface area contributed by atoms with E-state index in [1.165, 1.54) is 42.5 Å². The fourth-order valence-corrected chi connectivity index (χ4v) is 3.11. The van der Waals surface area contributed by atoms with Crippen LogP contribution in [0.4, 0.5) is 11.4 Å². The number of hydrogen-bond acceptors (Lipinski definition) is 3. The molecule has 0 amide bonds. The minimum absolute atomic E-state index is 0.0259. The average Bonchev–Trinajstić information content (AvgIpc) is 2.50. The highest BCUT2D eigenvalue weighted by atomic mass is 35.5. The van der Waals surface area contributed by atoms with Crippen LogP contribution in [0.2, 0.25) is 10.0 Å². The first-order chi connectivity index (χ1) is 11.7. The van der Waals surface area contributed by atoms with Crippen LogP contribution in [-0.4, -0.2) is 20.3 Å². The van der Waals surface area contributed by atoms with Gasteiger partial charge in [0.25, 0.3) is 10.0 Å². The number of halogens is 2. The van der Waals surface area contributed by atoms with Crippen molar-refractivity contribution < 1.29 is 8.42 Å². The number of nitrogens with one attached hydrogen (secondary N) is 1. The summed E-state index contributed by atoms with van der Waals surface area (Å²) in [6, 6.07) is 10.0. The standard InChI is InChI=1S/C14H14Cl2N6O2S/c15-11-6-3-9(7-12(11)16)22-25(23,24)10-4-1-8(2-5-10)20-14(19)21-13(17)18/h1-7,22H,(H6,17,18,19,20,21). The molecule has 0 aliphatic heterocycles. The molecular formula is C14H14Cl2N6O2S. The molecular weight excluding hydrogens is 387 g/mol. The van der Waals surface area contributed by atoms with Gasteiger partial charge in [-0.25, -0.2) is 13.4 Å². The van der Waals surface area contributed by atoms with Crippen LogP contribution in [0, 0.1) is 0 Å². The highest BCUT2D eigenvalue weighted by molar-refractivity contribution is 7.92. The number of nitrogens with two attached hydrogens (primary N) is 3. The first-order valence-electron chi connectivity index (χ1n) is 6.69. The Morgan fingerprint density at radius 3 is 2.16 bits per heavy atom. The maximum atomic E-state index is 12.4. The quantitative estimate of drug-likeness (QED) is 0.457. The number of hydrogen-bond donors (Lipinski definition) is 4. The summed E-state index contributed by atoms with van der Waals surface area (Å²) in [4.78, 5) is 7.51. The number of benzene rings is 2. The van der Waals surface area contributed by atoms with Crippen LogP contribution >= 0.6 is 23.2 Å². The van der Waals surface area contributed by atoms with Gasteiger partial charge < -0.3 is 17.2 Å². The van der Waals surface area contributed by atoms with E-state index in [2.05, 4.69) is 14.7 Å². The Kier molecular flexibility index (Phi) is 5.73. The molecule has 7 N–H and O–H groups in total. The van der Waals surface area contributed by atoms with E-state index in [1.807, 2.05) is 0 Å². The van der Waals surface area contributed by atoms with Gasteiger partial charge in [0.05, 0.1) is 26.3 Å². The van der Waals surface area contributed by atoms with Crippen LogP contribution in [-0.2, 0) is 10.0 Å². The molecule has 0 unspecified atom stereocenters. The smallest absolute Gasteiger partial charge is 0.261 e. The molecule has 2 aromatic rings. The van der Waals surface area contributed by atoms with Crippen molar-refractivity contribution in [3.8, 4) is 0 Å². The van der Waals surface area contributed by atoms with Crippen molar-refractivity contribution in [1.82, 2.24) is 0 Å². The van der Waals surface area contributed by atoms with Crippen LogP contribution < -0.4 is 21.9 Å². The lowest BCUT2D eigenvalue weighted by atomic mass is 10.3.